The molecule has 0 unspecified atom stereocenters. The van der Waals surface area contributed by atoms with E-state index >= 15 is 0 Å². The van der Waals surface area contributed by atoms with E-state index in [9.17, 15) is 0 Å². The van der Waals surface area contributed by atoms with Crippen molar-refractivity contribution in [3.8, 4) is 5.75 Å². The van der Waals surface area contributed by atoms with E-state index in [1.54, 1.807) is 11.8 Å². The smallest absolute Gasteiger partial charge is 0.140 e. The van der Waals surface area contributed by atoms with Crippen LogP contribution in [0.3, 0.4) is 0 Å². The van der Waals surface area contributed by atoms with Gasteiger partial charge in [0.15, 0.2) is 0 Å². The van der Waals surface area contributed by atoms with Gasteiger partial charge in [0, 0.05) is 4.47 Å². The lowest BCUT2D eigenvalue weighted by Gasteiger charge is -2.08. The molecule has 2 aromatic rings. The normalized spacial score (nSPS) is 10.5. The molecule has 0 bridgehead atoms. The number of nitrogens with two attached hydrogens (primary N) is 1. The number of methoxy groups -OCH3 is 1. The van der Waals surface area contributed by atoms with E-state index in [0.717, 1.165) is 15.8 Å². The summed E-state index contributed by atoms with van der Waals surface area (Å²) in [4.78, 5) is 0. The lowest BCUT2D eigenvalue weighted by Crippen LogP contribution is -2.06. The highest BCUT2D eigenvalue weighted by molar-refractivity contribution is 9.10. The van der Waals surface area contributed by atoms with Crippen LogP contribution in [0.1, 0.15) is 5.56 Å². The number of nitrogen functional groups attached to an aromatic ring is 1. The largest absolute Gasteiger partial charge is 0.497 e. The fourth-order valence-electron chi connectivity index (χ4n) is 1.46. The number of nitrogens with zero attached hydrogens (tertiary/aromatic N) is 2. The minimum atomic E-state index is 0.460. The van der Waals surface area contributed by atoms with Crippen molar-refractivity contribution in [1.29, 1.82) is 0 Å². The van der Waals surface area contributed by atoms with E-state index in [0.29, 0.717) is 17.4 Å². The summed E-state index contributed by atoms with van der Waals surface area (Å²) in [5, 5.41) is 4.57. The number of rotatable bonds is 3. The van der Waals surface area contributed by atoms with Crippen LogP contribution in [0.25, 0.3) is 0 Å². The number of halogens is 2. The summed E-state index contributed by atoms with van der Waals surface area (Å²) < 4.78 is 7.79. The first-order valence-electron chi connectivity index (χ1n) is 4.91. The number of hydrogen-bond donors (Lipinski definition) is 1. The van der Waals surface area contributed by atoms with Crippen molar-refractivity contribution < 1.29 is 4.74 Å². The summed E-state index contributed by atoms with van der Waals surface area (Å²) in [5.74, 6) is 1.25. The van der Waals surface area contributed by atoms with Crippen LogP contribution in [0, 0.1) is 0 Å². The van der Waals surface area contributed by atoms with E-state index in [-0.39, 0.29) is 0 Å². The second kappa shape index (κ2) is 4.98. The molecule has 0 radical (unpaired) electrons. The van der Waals surface area contributed by atoms with Gasteiger partial charge >= 0.3 is 0 Å². The van der Waals surface area contributed by atoms with Crippen LogP contribution in [0.4, 0.5) is 5.82 Å². The average Bonchev–Trinajstić information content (AvgIpc) is 2.64. The average molecular weight is 317 g/mol. The Hall–Kier alpha value is -1.20. The Kier molecular flexibility index (Phi) is 3.59. The molecule has 2 rings (SSSR count). The monoisotopic (exact) mass is 315 g/mol. The Morgan fingerprint density at radius 2 is 2.29 bits per heavy atom. The molecule has 1 aromatic heterocycles. The minimum absolute atomic E-state index is 0.460. The van der Waals surface area contributed by atoms with Crippen molar-refractivity contribution in [3.05, 3.63) is 39.5 Å². The topological polar surface area (TPSA) is 53.1 Å². The SMILES string of the molecule is COc1ccc(Br)c(Cn2ncc(Cl)c2N)c1. The number of anilines is 1. The molecule has 17 heavy (non-hydrogen) atoms. The highest BCUT2D eigenvalue weighted by Gasteiger charge is 2.08. The van der Waals surface area contributed by atoms with Crippen LogP contribution in [0.15, 0.2) is 28.9 Å². The van der Waals surface area contributed by atoms with Gasteiger partial charge in [0.05, 0.1) is 19.9 Å². The van der Waals surface area contributed by atoms with Crippen LogP contribution in [-0.2, 0) is 6.54 Å². The Labute approximate surface area is 112 Å². The maximum absolute atomic E-state index is 5.85. The molecule has 0 amide bonds. The summed E-state index contributed by atoms with van der Waals surface area (Å²) in [6.45, 7) is 0.538. The third-order valence-corrected chi connectivity index (χ3v) is 3.47. The molecule has 1 heterocycles. The first-order chi connectivity index (χ1) is 8.11. The highest BCUT2D eigenvalue weighted by Crippen LogP contribution is 2.25. The molecule has 1 aromatic carbocycles. The first-order valence-corrected chi connectivity index (χ1v) is 6.08. The number of benzene rings is 1. The van der Waals surface area contributed by atoms with Crippen LogP contribution in [-0.4, -0.2) is 16.9 Å². The van der Waals surface area contributed by atoms with E-state index in [1.807, 2.05) is 18.2 Å². The van der Waals surface area contributed by atoms with Gasteiger partial charge in [-0.25, -0.2) is 4.68 Å². The molecule has 4 nitrogen and oxygen atoms in total. The van der Waals surface area contributed by atoms with Crippen LogP contribution in [0.5, 0.6) is 5.75 Å². The van der Waals surface area contributed by atoms with Crippen molar-refractivity contribution in [2.24, 2.45) is 0 Å². The first kappa shape index (κ1) is 12.3. The molecule has 0 saturated carbocycles. The summed E-state index contributed by atoms with van der Waals surface area (Å²) in [6.07, 6.45) is 1.53. The number of hydrogen-bond acceptors (Lipinski definition) is 3. The fourth-order valence-corrected chi connectivity index (χ4v) is 1.97. The molecule has 2 N–H and O–H groups in total. The van der Waals surface area contributed by atoms with Crippen molar-refractivity contribution in [3.63, 3.8) is 0 Å². The van der Waals surface area contributed by atoms with Crippen molar-refractivity contribution in [2.45, 2.75) is 6.54 Å². The molecule has 90 valence electrons. The standard InChI is InChI=1S/C11H11BrClN3O/c1-17-8-2-3-9(12)7(4-8)6-16-11(14)10(13)5-15-16/h2-5H,6,14H2,1H3. The zero-order valence-electron chi connectivity index (χ0n) is 9.15. The molecule has 0 saturated heterocycles. The Morgan fingerprint density at radius 3 is 2.88 bits per heavy atom. The van der Waals surface area contributed by atoms with Gasteiger partial charge in [0.1, 0.15) is 16.6 Å². The second-order valence-electron chi connectivity index (χ2n) is 3.49. The molecule has 6 heteroatoms. The minimum Gasteiger partial charge on any atom is -0.497 e. The molecule has 0 atom stereocenters. The lowest BCUT2D eigenvalue weighted by atomic mass is 10.2. The van der Waals surface area contributed by atoms with Gasteiger partial charge in [-0.1, -0.05) is 27.5 Å². The Balaban J connectivity index is 2.32. The van der Waals surface area contributed by atoms with Gasteiger partial charge in [-0.2, -0.15) is 5.10 Å². The molecule has 0 aliphatic rings. The third-order valence-electron chi connectivity index (χ3n) is 2.41. The van der Waals surface area contributed by atoms with Crippen LogP contribution in [0.2, 0.25) is 5.02 Å². The summed E-state index contributed by atoms with van der Waals surface area (Å²) in [5.41, 5.74) is 6.82. The van der Waals surface area contributed by atoms with Crippen molar-refractivity contribution in [2.75, 3.05) is 12.8 Å². The highest BCUT2D eigenvalue weighted by atomic mass is 79.9. The van der Waals surface area contributed by atoms with E-state index < -0.39 is 0 Å². The zero-order chi connectivity index (χ0) is 12.4. The molecule has 0 aliphatic heterocycles. The number of ether oxygens (including phenoxy) is 1. The van der Waals surface area contributed by atoms with E-state index in [2.05, 4.69) is 21.0 Å². The van der Waals surface area contributed by atoms with Gasteiger partial charge in [-0.3, -0.25) is 0 Å². The summed E-state index contributed by atoms with van der Waals surface area (Å²) >= 11 is 9.33. The van der Waals surface area contributed by atoms with Crippen LogP contribution < -0.4 is 10.5 Å². The van der Waals surface area contributed by atoms with Gasteiger partial charge in [-0.15, -0.1) is 0 Å². The fraction of sp³-hybridized carbons (Fsp3) is 0.182. The molecular weight excluding hydrogens is 305 g/mol. The predicted molar refractivity (Wildman–Crippen MR) is 71.4 cm³/mol. The molecule has 0 aliphatic carbocycles. The second-order valence-corrected chi connectivity index (χ2v) is 4.75. The van der Waals surface area contributed by atoms with E-state index in [4.69, 9.17) is 22.1 Å². The molecular formula is C11H11BrClN3O. The van der Waals surface area contributed by atoms with Gasteiger partial charge < -0.3 is 10.5 Å². The summed E-state index contributed by atoms with van der Waals surface area (Å²) in [7, 11) is 1.63. The maximum atomic E-state index is 5.85. The predicted octanol–water partition coefficient (Wildman–Crippen LogP) is 2.94. The maximum Gasteiger partial charge on any atom is 0.140 e. The van der Waals surface area contributed by atoms with Gasteiger partial charge in [0.25, 0.3) is 0 Å². The third kappa shape index (κ3) is 2.56. The van der Waals surface area contributed by atoms with Crippen molar-refractivity contribution >= 4 is 33.3 Å². The summed E-state index contributed by atoms with van der Waals surface area (Å²) in [6, 6.07) is 5.74. The van der Waals surface area contributed by atoms with Crippen molar-refractivity contribution in [1.82, 2.24) is 9.78 Å². The molecule has 0 fully saturated rings. The number of aromatic nitrogens is 2. The Bertz CT molecular complexity index is 542. The van der Waals surface area contributed by atoms with Crippen LogP contribution >= 0.6 is 27.5 Å². The Morgan fingerprint density at radius 1 is 1.53 bits per heavy atom. The quantitative estimate of drug-likeness (QED) is 0.947. The van der Waals surface area contributed by atoms with Gasteiger partial charge in [0.2, 0.25) is 0 Å². The van der Waals surface area contributed by atoms with E-state index in [1.165, 1.54) is 6.20 Å². The zero-order valence-corrected chi connectivity index (χ0v) is 11.5. The van der Waals surface area contributed by atoms with Gasteiger partial charge in [-0.05, 0) is 23.8 Å². The lowest BCUT2D eigenvalue weighted by molar-refractivity contribution is 0.414. The molecule has 0 spiro atoms.